The number of nitrogens with zero attached hydrogens (tertiary/aromatic N) is 1. The van der Waals surface area contributed by atoms with Crippen LogP contribution in [0.4, 0.5) is 11.4 Å². The van der Waals surface area contributed by atoms with E-state index in [0.29, 0.717) is 17.8 Å². The lowest BCUT2D eigenvalue weighted by Gasteiger charge is -2.29. The minimum Gasteiger partial charge on any atom is -0.326 e. The lowest BCUT2D eigenvalue weighted by Crippen LogP contribution is -2.35. The molecule has 2 aromatic rings. The molecule has 0 radical (unpaired) electrons. The average molecular weight is 312 g/mol. The summed E-state index contributed by atoms with van der Waals surface area (Å²) in [5.41, 5.74) is 2.17. The normalized spacial score (nSPS) is 13.4. The molecule has 0 bridgehead atoms. The number of fused-ring (bicyclic) bond motifs is 1. The van der Waals surface area contributed by atoms with Crippen LogP contribution in [0.25, 0.3) is 0 Å². The molecule has 22 heavy (non-hydrogen) atoms. The van der Waals surface area contributed by atoms with E-state index >= 15 is 0 Å². The number of carbonyl (C=O) groups is 2. The van der Waals surface area contributed by atoms with Crippen LogP contribution in [-0.2, 0) is 4.79 Å². The van der Waals surface area contributed by atoms with Gasteiger partial charge in [-0.15, -0.1) is 11.8 Å². The molecule has 1 aliphatic rings. The molecular weight excluding hydrogens is 296 g/mol. The van der Waals surface area contributed by atoms with E-state index in [0.717, 1.165) is 16.3 Å². The van der Waals surface area contributed by atoms with Crippen LogP contribution in [0, 0.1) is 0 Å². The molecule has 1 N–H and O–H groups in total. The van der Waals surface area contributed by atoms with Gasteiger partial charge in [0.15, 0.2) is 0 Å². The lowest BCUT2D eigenvalue weighted by atomic mass is 10.1. The van der Waals surface area contributed by atoms with Gasteiger partial charge in [0.05, 0.1) is 5.69 Å². The van der Waals surface area contributed by atoms with Gasteiger partial charge in [-0.3, -0.25) is 9.59 Å². The zero-order valence-corrected chi connectivity index (χ0v) is 13.0. The highest BCUT2D eigenvalue weighted by Gasteiger charge is 2.23. The summed E-state index contributed by atoms with van der Waals surface area (Å²) < 4.78 is 0. The second kappa shape index (κ2) is 6.23. The van der Waals surface area contributed by atoms with Crippen molar-refractivity contribution in [2.75, 3.05) is 22.5 Å². The number of anilines is 2. The Kier molecular flexibility index (Phi) is 4.15. The summed E-state index contributed by atoms with van der Waals surface area (Å²) in [5.74, 6) is 0.693. The van der Waals surface area contributed by atoms with Crippen LogP contribution in [0.15, 0.2) is 53.4 Å². The summed E-state index contributed by atoms with van der Waals surface area (Å²) in [6.07, 6.45) is 0. The summed E-state index contributed by atoms with van der Waals surface area (Å²) in [4.78, 5) is 26.9. The van der Waals surface area contributed by atoms with Gasteiger partial charge in [-0.1, -0.05) is 18.2 Å². The predicted octanol–water partition coefficient (Wildman–Crippen LogP) is 3.40. The Hall–Kier alpha value is -2.27. The molecular formula is C17H16N2O2S. The molecule has 0 saturated heterocycles. The van der Waals surface area contributed by atoms with Gasteiger partial charge in [0, 0.05) is 35.4 Å². The summed E-state index contributed by atoms with van der Waals surface area (Å²) in [6.45, 7) is 2.14. The molecule has 112 valence electrons. The van der Waals surface area contributed by atoms with Crippen LogP contribution in [0.5, 0.6) is 0 Å². The Bertz CT molecular complexity index is 730. The van der Waals surface area contributed by atoms with E-state index < -0.39 is 0 Å². The van der Waals surface area contributed by atoms with E-state index in [9.17, 15) is 9.59 Å². The fourth-order valence-electron chi connectivity index (χ4n) is 2.47. The monoisotopic (exact) mass is 312 g/mol. The van der Waals surface area contributed by atoms with Crippen molar-refractivity contribution in [1.29, 1.82) is 0 Å². The summed E-state index contributed by atoms with van der Waals surface area (Å²) >= 11 is 1.77. The van der Waals surface area contributed by atoms with E-state index in [4.69, 9.17) is 0 Å². The quantitative estimate of drug-likeness (QED) is 0.924. The van der Waals surface area contributed by atoms with Crippen molar-refractivity contribution in [1.82, 2.24) is 0 Å². The molecule has 3 rings (SSSR count). The number of amides is 2. The zero-order chi connectivity index (χ0) is 15.5. The number of thioether (sulfide) groups is 1. The maximum atomic E-state index is 12.8. The second-order valence-corrected chi connectivity index (χ2v) is 6.17. The average Bonchev–Trinajstić information content (AvgIpc) is 2.53. The summed E-state index contributed by atoms with van der Waals surface area (Å²) in [6, 6.07) is 15.0. The molecule has 4 nitrogen and oxygen atoms in total. The first kappa shape index (κ1) is 14.7. The van der Waals surface area contributed by atoms with Crippen molar-refractivity contribution < 1.29 is 9.59 Å². The second-order valence-electron chi connectivity index (χ2n) is 5.03. The van der Waals surface area contributed by atoms with Crippen molar-refractivity contribution >= 4 is 35.0 Å². The molecule has 0 spiro atoms. The van der Waals surface area contributed by atoms with Crippen molar-refractivity contribution in [3.8, 4) is 0 Å². The molecule has 5 heteroatoms. The smallest absolute Gasteiger partial charge is 0.258 e. The SMILES string of the molecule is CC(=O)Nc1cccc(C(=O)N2CCSc3ccccc32)c1. The van der Waals surface area contributed by atoms with Crippen LogP contribution in [0.2, 0.25) is 0 Å². The van der Waals surface area contributed by atoms with Crippen LogP contribution in [-0.4, -0.2) is 24.1 Å². The Morgan fingerprint density at radius 3 is 2.77 bits per heavy atom. The van der Waals surface area contributed by atoms with Gasteiger partial charge < -0.3 is 10.2 Å². The predicted molar refractivity (Wildman–Crippen MR) is 89.6 cm³/mol. The molecule has 0 aliphatic carbocycles. The summed E-state index contributed by atoms with van der Waals surface area (Å²) in [5, 5.41) is 2.71. The molecule has 0 aromatic heterocycles. The highest BCUT2D eigenvalue weighted by molar-refractivity contribution is 7.99. The number of benzene rings is 2. The van der Waals surface area contributed by atoms with E-state index in [1.807, 2.05) is 24.3 Å². The number of nitrogens with one attached hydrogen (secondary N) is 1. The van der Waals surface area contributed by atoms with Crippen molar-refractivity contribution in [2.45, 2.75) is 11.8 Å². The van der Waals surface area contributed by atoms with Gasteiger partial charge >= 0.3 is 0 Å². The Balaban J connectivity index is 1.90. The molecule has 0 atom stereocenters. The lowest BCUT2D eigenvalue weighted by molar-refractivity contribution is -0.114. The first-order chi connectivity index (χ1) is 10.6. The Labute approximate surface area is 133 Å². The fraction of sp³-hybridized carbons (Fsp3) is 0.176. The van der Waals surface area contributed by atoms with Gasteiger partial charge in [-0.05, 0) is 30.3 Å². The van der Waals surface area contributed by atoms with E-state index in [1.54, 1.807) is 40.9 Å². The van der Waals surface area contributed by atoms with Crippen molar-refractivity contribution in [2.24, 2.45) is 0 Å². The van der Waals surface area contributed by atoms with Gasteiger partial charge in [-0.2, -0.15) is 0 Å². The van der Waals surface area contributed by atoms with Crippen molar-refractivity contribution in [3.63, 3.8) is 0 Å². The highest BCUT2D eigenvalue weighted by Crippen LogP contribution is 2.35. The van der Waals surface area contributed by atoms with E-state index in [1.165, 1.54) is 6.92 Å². The minimum absolute atomic E-state index is 0.0417. The standard InChI is InChI=1S/C17H16N2O2S/c1-12(20)18-14-6-4-5-13(11-14)17(21)19-9-10-22-16-8-3-2-7-15(16)19/h2-8,11H,9-10H2,1H3,(H,18,20). The van der Waals surface area contributed by atoms with Gasteiger partial charge in [0.1, 0.15) is 0 Å². The van der Waals surface area contributed by atoms with Crippen molar-refractivity contribution in [3.05, 3.63) is 54.1 Å². The van der Waals surface area contributed by atoms with E-state index in [-0.39, 0.29) is 11.8 Å². The minimum atomic E-state index is -0.149. The van der Waals surface area contributed by atoms with E-state index in [2.05, 4.69) is 5.32 Å². The zero-order valence-electron chi connectivity index (χ0n) is 12.2. The third-order valence-electron chi connectivity index (χ3n) is 3.40. The van der Waals surface area contributed by atoms with Crippen LogP contribution in [0.3, 0.4) is 0 Å². The Morgan fingerprint density at radius 1 is 1.14 bits per heavy atom. The van der Waals surface area contributed by atoms with Gasteiger partial charge in [-0.25, -0.2) is 0 Å². The molecule has 2 aromatic carbocycles. The first-order valence-corrected chi connectivity index (χ1v) is 8.05. The molecule has 0 unspecified atom stereocenters. The number of rotatable bonds is 2. The van der Waals surface area contributed by atoms with Gasteiger partial charge in [0.2, 0.25) is 5.91 Å². The number of hydrogen-bond donors (Lipinski definition) is 1. The van der Waals surface area contributed by atoms with Crippen LogP contribution >= 0.6 is 11.8 Å². The molecule has 2 amide bonds. The maximum absolute atomic E-state index is 12.8. The van der Waals surface area contributed by atoms with Gasteiger partial charge in [0.25, 0.3) is 5.91 Å². The molecule has 0 saturated carbocycles. The largest absolute Gasteiger partial charge is 0.326 e. The third-order valence-corrected chi connectivity index (χ3v) is 4.45. The maximum Gasteiger partial charge on any atom is 0.258 e. The highest BCUT2D eigenvalue weighted by atomic mass is 32.2. The molecule has 1 aliphatic heterocycles. The summed E-state index contributed by atoms with van der Waals surface area (Å²) in [7, 11) is 0. The topological polar surface area (TPSA) is 49.4 Å². The molecule has 1 heterocycles. The Morgan fingerprint density at radius 2 is 1.95 bits per heavy atom. The number of hydrogen-bond acceptors (Lipinski definition) is 3. The first-order valence-electron chi connectivity index (χ1n) is 7.06. The van der Waals surface area contributed by atoms with Crippen LogP contribution in [0.1, 0.15) is 17.3 Å². The number of carbonyl (C=O) groups excluding carboxylic acids is 2. The van der Waals surface area contributed by atoms with Crippen LogP contribution < -0.4 is 10.2 Å². The third kappa shape index (κ3) is 2.99. The number of para-hydroxylation sites is 1. The fourth-order valence-corrected chi connectivity index (χ4v) is 3.46. The molecule has 0 fully saturated rings.